The summed E-state index contributed by atoms with van der Waals surface area (Å²) >= 11 is 0. The third kappa shape index (κ3) is 5.56. The van der Waals surface area contributed by atoms with Gasteiger partial charge < -0.3 is 33.3 Å². The number of esters is 1. The minimum Gasteiger partial charge on any atom is -1.00 e. The molecule has 0 atom stereocenters. The minimum absolute atomic E-state index is 0. The molecule has 4 nitrogen and oxygen atoms in total. The van der Waals surface area contributed by atoms with E-state index in [1.165, 1.54) is 10.9 Å². The van der Waals surface area contributed by atoms with Gasteiger partial charge >= 0.3 is 5.97 Å². The van der Waals surface area contributed by atoms with Gasteiger partial charge in [-0.15, -0.1) is 0 Å². The maximum atomic E-state index is 11.9. The molecule has 0 bridgehead atoms. The van der Waals surface area contributed by atoms with Crippen LogP contribution in [0, 0.1) is 0 Å². The lowest BCUT2D eigenvalue weighted by Crippen LogP contribution is -3.00. The van der Waals surface area contributed by atoms with Crippen LogP contribution in [0.15, 0.2) is 61.1 Å². The van der Waals surface area contributed by atoms with Gasteiger partial charge in [0.1, 0.15) is 12.6 Å². The number of rotatable bonds is 8. The van der Waals surface area contributed by atoms with Crippen LogP contribution in [0.2, 0.25) is 0 Å². The molecule has 26 heavy (non-hydrogen) atoms. The topological polar surface area (TPSA) is 35.1 Å². The van der Waals surface area contributed by atoms with E-state index in [-0.39, 0.29) is 29.9 Å². The molecule has 3 aromatic rings. The lowest BCUT2D eigenvalue weighted by atomic mass is 10.2. The molecule has 3 rings (SSSR count). The van der Waals surface area contributed by atoms with Crippen molar-refractivity contribution in [1.82, 2.24) is 4.57 Å². The van der Waals surface area contributed by atoms with Crippen molar-refractivity contribution < 1.29 is 38.1 Å². The van der Waals surface area contributed by atoms with Crippen LogP contribution in [-0.2, 0) is 18.3 Å². The van der Waals surface area contributed by atoms with Gasteiger partial charge in [0.05, 0.1) is 6.61 Å². The molecular formula is C21H25IN2O2. The molecule has 0 aliphatic heterocycles. The molecule has 0 saturated carbocycles. The second-order valence-electron chi connectivity index (χ2n) is 6.38. The highest BCUT2D eigenvalue weighted by molar-refractivity contribution is 5.88. The van der Waals surface area contributed by atoms with Crippen molar-refractivity contribution in [2.75, 3.05) is 6.61 Å². The van der Waals surface area contributed by atoms with Gasteiger partial charge in [-0.05, 0) is 42.8 Å². The van der Waals surface area contributed by atoms with Gasteiger partial charge in [0.25, 0.3) is 0 Å². The summed E-state index contributed by atoms with van der Waals surface area (Å²) in [6.07, 6.45) is 10.1. The van der Waals surface area contributed by atoms with Crippen molar-refractivity contribution in [2.24, 2.45) is 7.05 Å². The highest BCUT2D eigenvalue weighted by Gasteiger charge is 2.09. The molecule has 2 aromatic heterocycles. The molecule has 138 valence electrons. The van der Waals surface area contributed by atoms with Gasteiger partial charge in [0.15, 0.2) is 12.4 Å². The Balaban J connectivity index is 0.00000243. The molecular weight excluding hydrogens is 439 g/mol. The first-order valence-corrected chi connectivity index (χ1v) is 8.90. The summed E-state index contributed by atoms with van der Waals surface area (Å²) in [6, 6.07) is 14.3. The summed E-state index contributed by atoms with van der Waals surface area (Å²) in [5, 5.41) is 1.30. The van der Waals surface area contributed by atoms with Crippen molar-refractivity contribution in [3.8, 4) is 0 Å². The normalized spacial score (nSPS) is 10.5. The molecule has 0 unspecified atom stereocenters. The van der Waals surface area contributed by atoms with E-state index in [0.717, 1.165) is 32.2 Å². The zero-order valence-electron chi connectivity index (χ0n) is 15.1. The Bertz CT molecular complexity index is 845. The van der Waals surface area contributed by atoms with Crippen LogP contribution in [0.4, 0.5) is 0 Å². The average molecular weight is 464 g/mol. The molecule has 0 radical (unpaired) electrons. The predicted molar refractivity (Wildman–Crippen MR) is 98.3 cm³/mol. The van der Waals surface area contributed by atoms with Gasteiger partial charge in [0.2, 0.25) is 0 Å². The van der Waals surface area contributed by atoms with Crippen LogP contribution >= 0.6 is 0 Å². The first-order chi connectivity index (χ1) is 12.2. The van der Waals surface area contributed by atoms with Crippen molar-refractivity contribution >= 4 is 16.9 Å². The predicted octanol–water partition coefficient (Wildman–Crippen LogP) is 0.887. The number of fused-ring (bicyclic) bond motifs is 1. The van der Waals surface area contributed by atoms with E-state index >= 15 is 0 Å². The van der Waals surface area contributed by atoms with Gasteiger partial charge in [-0.1, -0.05) is 24.6 Å². The molecule has 0 amide bonds. The molecule has 0 fully saturated rings. The number of hydrogen-bond acceptors (Lipinski definition) is 2. The van der Waals surface area contributed by atoms with E-state index in [0.29, 0.717) is 12.2 Å². The van der Waals surface area contributed by atoms with Crippen LogP contribution < -0.4 is 28.5 Å². The second kappa shape index (κ2) is 10.3. The first kappa shape index (κ1) is 20.4. The number of carbonyl (C=O) groups excluding carboxylic acids is 1. The Morgan fingerprint density at radius 3 is 2.69 bits per heavy atom. The number of aryl methyl sites for hydroxylation is 2. The highest BCUT2D eigenvalue weighted by atomic mass is 127. The maximum Gasteiger partial charge on any atom is 0.344 e. The van der Waals surface area contributed by atoms with E-state index in [1.807, 2.05) is 23.9 Å². The lowest BCUT2D eigenvalue weighted by Gasteiger charge is -2.06. The number of carbonyl (C=O) groups is 1. The molecule has 5 heteroatoms. The van der Waals surface area contributed by atoms with E-state index in [1.54, 1.807) is 12.3 Å². The van der Waals surface area contributed by atoms with E-state index < -0.39 is 0 Å². The fourth-order valence-electron chi connectivity index (χ4n) is 3.03. The Kier molecular flexibility index (Phi) is 8.09. The summed E-state index contributed by atoms with van der Waals surface area (Å²) < 4.78 is 9.49. The molecule has 0 aliphatic rings. The first-order valence-electron chi connectivity index (χ1n) is 8.90. The van der Waals surface area contributed by atoms with Gasteiger partial charge in [0, 0.05) is 24.3 Å². The fourth-order valence-corrected chi connectivity index (χ4v) is 3.03. The molecule has 0 aliphatic carbocycles. The zero-order chi connectivity index (χ0) is 17.5. The summed E-state index contributed by atoms with van der Waals surface area (Å²) in [5.41, 5.74) is 1.90. The molecule has 1 aromatic carbocycles. The maximum absolute atomic E-state index is 11.9. The van der Waals surface area contributed by atoms with Gasteiger partial charge in [-0.2, -0.15) is 0 Å². The standard InChI is InChI=1S/C21H25N2O2.HI/c1-22-13-8-10-19(17-22)21(24)25-16-7-3-2-6-14-23-15-12-18-9-4-5-11-20(18)23;/h4-5,8-13,15,17H,2-3,6-7,14,16H2,1H3;1H/q+1;/p-1. The average Bonchev–Trinajstić information content (AvgIpc) is 3.04. The smallest absolute Gasteiger partial charge is 0.344 e. The number of unbranched alkanes of at least 4 members (excludes halogenated alkanes) is 3. The highest BCUT2D eigenvalue weighted by Crippen LogP contribution is 2.16. The van der Waals surface area contributed by atoms with Crippen LogP contribution in [0.5, 0.6) is 0 Å². The van der Waals surface area contributed by atoms with Crippen LogP contribution in [0.25, 0.3) is 10.9 Å². The molecule has 0 N–H and O–H groups in total. The van der Waals surface area contributed by atoms with Crippen molar-refractivity contribution in [1.29, 1.82) is 0 Å². The number of nitrogens with zero attached hydrogens (tertiary/aromatic N) is 2. The Morgan fingerprint density at radius 2 is 1.85 bits per heavy atom. The fraction of sp³-hybridized carbons (Fsp3) is 0.333. The monoisotopic (exact) mass is 464 g/mol. The summed E-state index contributed by atoms with van der Waals surface area (Å²) in [7, 11) is 1.89. The Labute approximate surface area is 171 Å². The van der Waals surface area contributed by atoms with E-state index in [4.69, 9.17) is 4.74 Å². The SMILES string of the molecule is C[n+]1cccc(C(=O)OCCCCCCn2ccc3ccccc32)c1.[I-]. The van der Waals surface area contributed by atoms with Gasteiger partial charge in [-0.3, -0.25) is 0 Å². The van der Waals surface area contributed by atoms with Crippen molar-refractivity contribution in [3.63, 3.8) is 0 Å². The Hall–Kier alpha value is -1.89. The number of aromatic nitrogens is 2. The van der Waals surface area contributed by atoms with Crippen molar-refractivity contribution in [3.05, 3.63) is 66.6 Å². The number of para-hydroxylation sites is 1. The third-order valence-corrected chi connectivity index (χ3v) is 4.38. The third-order valence-electron chi connectivity index (χ3n) is 4.38. The van der Waals surface area contributed by atoms with Crippen molar-refractivity contribution in [2.45, 2.75) is 32.2 Å². The van der Waals surface area contributed by atoms with E-state index in [9.17, 15) is 4.79 Å². The number of hydrogen-bond donors (Lipinski definition) is 0. The van der Waals surface area contributed by atoms with E-state index in [2.05, 4.69) is 41.1 Å². The summed E-state index contributed by atoms with van der Waals surface area (Å²) in [4.78, 5) is 11.9. The molecule has 0 saturated heterocycles. The number of benzene rings is 1. The second-order valence-corrected chi connectivity index (χ2v) is 6.38. The quantitative estimate of drug-likeness (QED) is 0.215. The van der Waals surface area contributed by atoms with Gasteiger partial charge in [-0.25, -0.2) is 9.36 Å². The largest absolute Gasteiger partial charge is 1.00 e. The molecule has 0 spiro atoms. The molecule has 2 heterocycles. The minimum atomic E-state index is -0.241. The Morgan fingerprint density at radius 1 is 1.04 bits per heavy atom. The number of ether oxygens (including phenoxy) is 1. The summed E-state index contributed by atoms with van der Waals surface area (Å²) in [5.74, 6) is -0.241. The lowest BCUT2D eigenvalue weighted by molar-refractivity contribution is -0.671. The van der Waals surface area contributed by atoms with Crippen LogP contribution in [0.3, 0.4) is 0 Å². The summed E-state index contributed by atoms with van der Waals surface area (Å²) in [6.45, 7) is 1.53. The number of halogens is 1. The van der Waals surface area contributed by atoms with Crippen LogP contribution in [-0.4, -0.2) is 17.1 Å². The van der Waals surface area contributed by atoms with Crippen LogP contribution in [0.1, 0.15) is 36.0 Å². The zero-order valence-corrected chi connectivity index (χ0v) is 17.3. The number of pyridine rings is 1.